The van der Waals surface area contributed by atoms with Gasteiger partial charge in [0.2, 0.25) is 0 Å². The second-order valence-corrected chi connectivity index (χ2v) is 3.82. The van der Waals surface area contributed by atoms with E-state index in [9.17, 15) is 5.11 Å². The largest absolute Gasteiger partial charge is 0.508 e. The van der Waals surface area contributed by atoms with E-state index >= 15 is 0 Å². The van der Waals surface area contributed by atoms with Gasteiger partial charge in [-0.25, -0.2) is 0 Å². The summed E-state index contributed by atoms with van der Waals surface area (Å²) in [6.07, 6.45) is 13.3. The van der Waals surface area contributed by atoms with E-state index in [4.69, 9.17) is 0 Å². The first-order valence-corrected chi connectivity index (χ1v) is 5.15. The summed E-state index contributed by atoms with van der Waals surface area (Å²) in [6.45, 7) is 0. The lowest BCUT2D eigenvalue weighted by Crippen LogP contribution is -1.85. The minimum absolute atomic E-state index is 0.505. The molecule has 0 saturated heterocycles. The molecule has 0 aromatic heterocycles. The first-order chi connectivity index (χ1) is 6.36. The molecular formula is C12H16O. The van der Waals surface area contributed by atoms with Crippen molar-refractivity contribution in [1.29, 1.82) is 0 Å². The Morgan fingerprint density at radius 1 is 1.15 bits per heavy atom. The van der Waals surface area contributed by atoms with Crippen molar-refractivity contribution in [1.82, 2.24) is 0 Å². The van der Waals surface area contributed by atoms with Crippen LogP contribution in [0.15, 0.2) is 35.1 Å². The summed E-state index contributed by atoms with van der Waals surface area (Å²) < 4.78 is 0. The van der Waals surface area contributed by atoms with E-state index < -0.39 is 0 Å². The normalized spacial score (nSPS) is 23.2. The van der Waals surface area contributed by atoms with Crippen LogP contribution in [0.4, 0.5) is 0 Å². The van der Waals surface area contributed by atoms with Crippen LogP contribution in [0.2, 0.25) is 0 Å². The molecule has 2 rings (SSSR count). The number of aliphatic hydroxyl groups excluding tert-OH is 1. The molecule has 1 nitrogen and oxygen atoms in total. The summed E-state index contributed by atoms with van der Waals surface area (Å²) in [6, 6.07) is 0. The third-order valence-electron chi connectivity index (χ3n) is 2.77. The zero-order valence-corrected chi connectivity index (χ0v) is 7.92. The Morgan fingerprint density at radius 2 is 1.92 bits per heavy atom. The highest BCUT2D eigenvalue weighted by atomic mass is 16.3. The van der Waals surface area contributed by atoms with E-state index in [0.29, 0.717) is 5.76 Å². The molecule has 1 N–H and O–H groups in total. The molecular weight excluding hydrogens is 160 g/mol. The summed E-state index contributed by atoms with van der Waals surface area (Å²) >= 11 is 0. The molecule has 0 unspecified atom stereocenters. The van der Waals surface area contributed by atoms with Crippen LogP contribution in [-0.4, -0.2) is 5.11 Å². The molecule has 0 fully saturated rings. The number of hydrogen-bond acceptors (Lipinski definition) is 1. The van der Waals surface area contributed by atoms with Gasteiger partial charge in [-0.3, -0.25) is 0 Å². The van der Waals surface area contributed by atoms with Crippen molar-refractivity contribution in [3.63, 3.8) is 0 Å². The van der Waals surface area contributed by atoms with Crippen LogP contribution in [0.25, 0.3) is 0 Å². The zero-order chi connectivity index (χ0) is 9.10. The van der Waals surface area contributed by atoms with Gasteiger partial charge in [0.15, 0.2) is 0 Å². The van der Waals surface area contributed by atoms with Crippen molar-refractivity contribution in [2.24, 2.45) is 0 Å². The summed E-state index contributed by atoms with van der Waals surface area (Å²) in [7, 11) is 0. The monoisotopic (exact) mass is 176 g/mol. The molecule has 0 aliphatic heterocycles. The molecule has 0 aromatic rings. The lowest BCUT2D eigenvalue weighted by Gasteiger charge is -2.00. The maximum Gasteiger partial charge on any atom is 0.118 e. The third-order valence-corrected chi connectivity index (χ3v) is 2.77. The first-order valence-electron chi connectivity index (χ1n) is 5.15. The Balaban J connectivity index is 2.06. The molecule has 1 heteroatoms. The molecule has 13 heavy (non-hydrogen) atoms. The maximum absolute atomic E-state index is 9.76. The molecule has 2 aliphatic rings. The maximum atomic E-state index is 9.76. The van der Waals surface area contributed by atoms with Gasteiger partial charge in [-0.15, -0.1) is 0 Å². The van der Waals surface area contributed by atoms with E-state index in [1.807, 2.05) is 6.08 Å². The molecule has 0 heterocycles. The van der Waals surface area contributed by atoms with Gasteiger partial charge < -0.3 is 5.11 Å². The van der Waals surface area contributed by atoms with Crippen molar-refractivity contribution in [2.45, 2.75) is 38.5 Å². The van der Waals surface area contributed by atoms with Gasteiger partial charge >= 0.3 is 0 Å². The fourth-order valence-corrected chi connectivity index (χ4v) is 2.00. The number of hydrogen-bond donors (Lipinski definition) is 1. The van der Waals surface area contributed by atoms with Gasteiger partial charge in [0.1, 0.15) is 5.76 Å². The SMILES string of the molecule is OC(=CC1=CCCC1)C1=CCCC1. The van der Waals surface area contributed by atoms with Crippen LogP contribution >= 0.6 is 0 Å². The molecule has 2 aliphatic carbocycles. The Kier molecular flexibility index (Phi) is 2.53. The Hall–Kier alpha value is -0.980. The molecule has 0 amide bonds. The molecule has 0 bridgehead atoms. The van der Waals surface area contributed by atoms with Crippen molar-refractivity contribution in [2.75, 3.05) is 0 Å². The minimum atomic E-state index is 0.505. The van der Waals surface area contributed by atoms with Gasteiger partial charge in [-0.05, 0) is 55.7 Å². The Morgan fingerprint density at radius 3 is 2.54 bits per heavy atom. The van der Waals surface area contributed by atoms with Crippen LogP contribution in [-0.2, 0) is 0 Å². The fraction of sp³-hybridized carbons (Fsp3) is 0.500. The average molecular weight is 176 g/mol. The van der Waals surface area contributed by atoms with Crippen LogP contribution in [0.1, 0.15) is 38.5 Å². The van der Waals surface area contributed by atoms with Gasteiger partial charge in [0.25, 0.3) is 0 Å². The van der Waals surface area contributed by atoms with E-state index in [1.54, 1.807) is 0 Å². The van der Waals surface area contributed by atoms with E-state index in [0.717, 1.165) is 24.8 Å². The molecule has 0 aromatic carbocycles. The molecule has 0 atom stereocenters. The summed E-state index contributed by atoms with van der Waals surface area (Å²) in [5.41, 5.74) is 2.46. The molecule has 0 saturated carbocycles. The number of allylic oxidation sites excluding steroid dienone is 5. The van der Waals surface area contributed by atoms with E-state index in [1.165, 1.54) is 24.8 Å². The molecule has 0 spiro atoms. The van der Waals surface area contributed by atoms with Crippen LogP contribution in [0, 0.1) is 0 Å². The van der Waals surface area contributed by atoms with Crippen LogP contribution in [0.5, 0.6) is 0 Å². The number of aliphatic hydroxyl groups is 1. The quantitative estimate of drug-likeness (QED) is 0.637. The highest BCUT2D eigenvalue weighted by Gasteiger charge is 2.10. The second kappa shape index (κ2) is 3.82. The van der Waals surface area contributed by atoms with Gasteiger partial charge in [0, 0.05) is 0 Å². The van der Waals surface area contributed by atoms with Crippen molar-refractivity contribution in [3.05, 3.63) is 35.1 Å². The predicted octanol–water partition coefficient (Wildman–Crippen LogP) is 3.65. The minimum Gasteiger partial charge on any atom is -0.508 e. The standard InChI is InChI=1S/C12H16O/c13-12(11-7-3-4-8-11)9-10-5-1-2-6-10/h5,7,9,13H,1-4,6,8H2. The molecule has 70 valence electrons. The highest BCUT2D eigenvalue weighted by Crippen LogP contribution is 2.26. The van der Waals surface area contributed by atoms with Gasteiger partial charge in [-0.2, -0.15) is 0 Å². The molecule has 0 radical (unpaired) electrons. The van der Waals surface area contributed by atoms with Crippen LogP contribution in [0.3, 0.4) is 0 Å². The number of rotatable bonds is 2. The first kappa shape index (κ1) is 8.61. The fourth-order valence-electron chi connectivity index (χ4n) is 2.00. The second-order valence-electron chi connectivity index (χ2n) is 3.82. The van der Waals surface area contributed by atoms with Gasteiger partial charge in [0.05, 0.1) is 0 Å². The smallest absolute Gasteiger partial charge is 0.118 e. The third kappa shape index (κ3) is 2.03. The Labute approximate surface area is 79.5 Å². The van der Waals surface area contributed by atoms with E-state index in [-0.39, 0.29) is 0 Å². The average Bonchev–Trinajstić information content (AvgIpc) is 2.74. The lowest BCUT2D eigenvalue weighted by molar-refractivity contribution is 0.420. The highest BCUT2D eigenvalue weighted by molar-refractivity contribution is 5.35. The topological polar surface area (TPSA) is 20.2 Å². The Bertz CT molecular complexity index is 281. The lowest BCUT2D eigenvalue weighted by atomic mass is 10.1. The predicted molar refractivity (Wildman–Crippen MR) is 54.6 cm³/mol. The van der Waals surface area contributed by atoms with E-state index in [2.05, 4.69) is 12.2 Å². The zero-order valence-electron chi connectivity index (χ0n) is 7.92. The van der Waals surface area contributed by atoms with Gasteiger partial charge in [-0.1, -0.05) is 12.2 Å². The van der Waals surface area contributed by atoms with Crippen LogP contribution < -0.4 is 0 Å². The summed E-state index contributed by atoms with van der Waals surface area (Å²) in [4.78, 5) is 0. The van der Waals surface area contributed by atoms with Crippen molar-refractivity contribution in [3.8, 4) is 0 Å². The van der Waals surface area contributed by atoms with Crippen molar-refractivity contribution < 1.29 is 5.11 Å². The summed E-state index contributed by atoms with van der Waals surface area (Å²) in [5, 5.41) is 9.76. The summed E-state index contributed by atoms with van der Waals surface area (Å²) in [5.74, 6) is 0.505. The van der Waals surface area contributed by atoms with Crippen molar-refractivity contribution >= 4 is 0 Å².